The molecule has 0 radical (unpaired) electrons. The summed E-state index contributed by atoms with van der Waals surface area (Å²) in [7, 11) is 0. The number of aromatic nitrogens is 2. The molecule has 3 heterocycles. The van der Waals surface area contributed by atoms with Crippen LogP contribution in [0, 0.1) is 17.2 Å². The van der Waals surface area contributed by atoms with Crippen molar-refractivity contribution in [1.82, 2.24) is 4.98 Å². The third-order valence-electron chi connectivity index (χ3n) is 3.67. The fourth-order valence-corrected chi connectivity index (χ4v) is 3.40. The van der Waals surface area contributed by atoms with Gasteiger partial charge in [-0.3, -0.25) is 4.79 Å². The number of benzene rings is 1. The van der Waals surface area contributed by atoms with Gasteiger partial charge in [-0.05, 0) is 23.7 Å². The minimum Gasteiger partial charge on any atom is -0.413 e. The van der Waals surface area contributed by atoms with E-state index in [1.165, 1.54) is 28.1 Å². The number of quaternary nitrogens is 1. The van der Waals surface area contributed by atoms with Gasteiger partial charge in [-0.15, -0.1) is 12.1 Å². The molecular weight excluding hydrogens is 313 g/mol. The first kappa shape index (κ1) is 13.9. The highest BCUT2D eigenvalue weighted by Crippen LogP contribution is 2.14. The molecule has 0 fully saturated rings. The lowest BCUT2D eigenvalue weighted by Crippen LogP contribution is -2.88. The first-order valence-electron chi connectivity index (χ1n) is 7.02. The predicted molar refractivity (Wildman–Crippen MR) is 85.5 cm³/mol. The summed E-state index contributed by atoms with van der Waals surface area (Å²) in [5.41, 5.74) is 1.55. The average molecular weight is 325 g/mol. The number of hydrogen-bond acceptors (Lipinski definition) is 2. The van der Waals surface area contributed by atoms with Crippen LogP contribution >= 0.6 is 0 Å². The van der Waals surface area contributed by atoms with Crippen LogP contribution in [0.2, 0.25) is 0 Å². The van der Waals surface area contributed by atoms with Crippen molar-refractivity contribution in [1.29, 1.82) is 0 Å². The Kier molecular flexibility index (Phi) is 3.33. The maximum absolute atomic E-state index is 13.5. The second-order valence-corrected chi connectivity index (χ2v) is 6.05. The monoisotopic (exact) mass is 325 g/mol. The fraction of sp³-hybridized carbons (Fsp3) is 0. The first-order chi connectivity index (χ1) is 11.2. The molecule has 0 unspecified atom stereocenters. The normalized spacial score (nSPS) is 14.0. The molecule has 0 amide bonds. The van der Waals surface area contributed by atoms with Gasteiger partial charge in [0.2, 0.25) is 0 Å². The van der Waals surface area contributed by atoms with E-state index in [1.54, 1.807) is 30.7 Å². The largest absolute Gasteiger partial charge is 0.413 e. The van der Waals surface area contributed by atoms with Crippen molar-refractivity contribution >= 4 is 33.5 Å². The topological polar surface area (TPSA) is 50.5 Å². The van der Waals surface area contributed by atoms with Gasteiger partial charge in [0, 0.05) is 0 Å². The summed E-state index contributed by atoms with van der Waals surface area (Å²) < 4.78 is 14.9. The summed E-state index contributed by atoms with van der Waals surface area (Å²) in [5.74, 6) is -0.524. The first-order valence-corrected chi connectivity index (χ1v) is 7.90. The molecule has 0 saturated heterocycles. The number of halogens is 1. The fourth-order valence-electron chi connectivity index (χ4n) is 2.53. The zero-order chi connectivity index (χ0) is 15.8. The van der Waals surface area contributed by atoms with Gasteiger partial charge in [-0.25, -0.2) is 8.96 Å². The highest BCUT2D eigenvalue weighted by Gasteiger charge is 2.29. The predicted octanol–water partition coefficient (Wildman–Crippen LogP) is 0.552. The van der Waals surface area contributed by atoms with Gasteiger partial charge in [0.1, 0.15) is 5.52 Å². The lowest BCUT2D eigenvalue weighted by molar-refractivity contribution is -0.612. The molecule has 1 aliphatic rings. The number of carbonyl (C=O) groups is 1. The highest BCUT2D eigenvalue weighted by molar-refractivity contribution is 7.81. The van der Waals surface area contributed by atoms with Crippen molar-refractivity contribution in [3.05, 3.63) is 77.8 Å². The maximum Gasteiger partial charge on any atom is 0.267 e. The molecule has 0 bridgehead atoms. The Balaban J connectivity index is 1.60. The summed E-state index contributed by atoms with van der Waals surface area (Å²) in [6, 6.07) is 10.6. The van der Waals surface area contributed by atoms with Crippen LogP contribution in [0.3, 0.4) is 0 Å². The third kappa shape index (κ3) is 2.48. The number of nitrogens with zero attached hydrogens (tertiary/aromatic N) is 2. The molecule has 0 saturated carbocycles. The lowest BCUT2D eigenvalue weighted by Gasteiger charge is -2.16. The van der Waals surface area contributed by atoms with Gasteiger partial charge in [0.25, 0.3) is 11.3 Å². The van der Waals surface area contributed by atoms with Crippen LogP contribution in [0.4, 0.5) is 4.39 Å². The Labute approximate surface area is 135 Å². The number of rotatable bonds is 2. The number of hydrogen-bond donors (Lipinski definition) is 1. The number of pyridine rings is 1. The Morgan fingerprint density at radius 3 is 3.04 bits per heavy atom. The van der Waals surface area contributed by atoms with E-state index in [0.29, 0.717) is 11.6 Å². The van der Waals surface area contributed by atoms with Crippen LogP contribution in [-0.4, -0.2) is 16.3 Å². The molecule has 3 aromatic rings. The molecule has 2 N–H and O–H groups in total. The van der Waals surface area contributed by atoms with E-state index in [0.717, 1.165) is 16.3 Å². The van der Waals surface area contributed by atoms with E-state index >= 15 is 0 Å². The van der Waals surface area contributed by atoms with Gasteiger partial charge in [0.15, 0.2) is 11.4 Å². The zero-order valence-corrected chi connectivity index (χ0v) is 12.8. The van der Waals surface area contributed by atoms with Crippen LogP contribution in [-0.2, 0) is 11.4 Å². The second-order valence-electron chi connectivity index (χ2n) is 5.14. The number of nitrogens with two attached hydrogens (primary N) is 1. The zero-order valence-electron chi connectivity index (χ0n) is 11.9. The molecule has 114 valence electrons. The van der Waals surface area contributed by atoms with Crippen LogP contribution in [0.5, 0.6) is 0 Å². The van der Waals surface area contributed by atoms with Gasteiger partial charge < -0.3 is 10.3 Å². The summed E-state index contributed by atoms with van der Waals surface area (Å²) in [6.07, 6.45) is 5.15. The molecule has 0 aliphatic carbocycles. The molecule has 0 spiro atoms. The van der Waals surface area contributed by atoms with Crippen LogP contribution in [0.15, 0.2) is 55.0 Å². The minimum atomic E-state index is -0.355. The molecule has 6 heteroatoms. The van der Waals surface area contributed by atoms with Crippen molar-refractivity contribution < 1.29 is 19.1 Å². The third-order valence-corrected chi connectivity index (χ3v) is 4.65. The standard InChI is InChI=1S/C17H12FN3OS/c18-13-4-3-11-5-7-21(15(11)8-13)17(22)14-10-23-16(20-14)12-2-1-6-19-9-12/h1-10H,20H2. The molecule has 0 atom stereocenters. The van der Waals surface area contributed by atoms with Crippen molar-refractivity contribution in [2.75, 3.05) is 0 Å². The molecule has 4 rings (SSSR count). The Bertz CT molecular complexity index is 907. The van der Waals surface area contributed by atoms with E-state index in [2.05, 4.69) is 4.98 Å². The van der Waals surface area contributed by atoms with Gasteiger partial charge in [0.05, 0.1) is 17.4 Å². The molecule has 23 heavy (non-hydrogen) atoms. The average Bonchev–Trinajstić information content (AvgIpc) is 3.22. The van der Waals surface area contributed by atoms with Crippen molar-refractivity contribution in [2.24, 2.45) is 0 Å². The van der Waals surface area contributed by atoms with Crippen molar-refractivity contribution in [3.63, 3.8) is 0 Å². The summed E-state index contributed by atoms with van der Waals surface area (Å²) in [5, 5.41) is 5.47. The minimum absolute atomic E-state index is 0.169. The lowest BCUT2D eigenvalue weighted by atomic mass is 10.2. The highest BCUT2D eigenvalue weighted by atomic mass is 32.1. The summed E-state index contributed by atoms with van der Waals surface area (Å²) in [6.45, 7) is 0. The Morgan fingerprint density at radius 2 is 2.22 bits per heavy atom. The SMILES string of the molecule is O=C([C-]1C=[S+][C-](c2cccnc2)[NH2+]1)[n+]1ccc2ccc(F)c[c-]21. The van der Waals surface area contributed by atoms with E-state index in [4.69, 9.17) is 0 Å². The van der Waals surface area contributed by atoms with Gasteiger partial charge in [-0.1, -0.05) is 30.0 Å². The maximum atomic E-state index is 13.5. The Hall–Kier alpha value is -2.70. The smallest absolute Gasteiger partial charge is 0.267 e. The van der Waals surface area contributed by atoms with E-state index < -0.39 is 0 Å². The van der Waals surface area contributed by atoms with Gasteiger partial charge >= 0.3 is 0 Å². The van der Waals surface area contributed by atoms with Crippen LogP contribution in [0.25, 0.3) is 10.9 Å². The second kappa shape index (κ2) is 5.49. The Morgan fingerprint density at radius 1 is 1.30 bits per heavy atom. The van der Waals surface area contributed by atoms with Crippen LogP contribution in [0.1, 0.15) is 10.4 Å². The molecule has 1 aliphatic heterocycles. The molecule has 2 aromatic heterocycles. The van der Waals surface area contributed by atoms with Crippen LogP contribution < -0.4 is 9.88 Å². The summed E-state index contributed by atoms with van der Waals surface area (Å²) in [4.78, 5) is 16.8. The van der Waals surface area contributed by atoms with E-state index in [-0.39, 0.29) is 11.7 Å². The van der Waals surface area contributed by atoms with Crippen molar-refractivity contribution in [2.45, 2.75) is 0 Å². The van der Waals surface area contributed by atoms with Gasteiger partial charge in [-0.2, -0.15) is 0 Å². The molecule has 4 nitrogen and oxygen atoms in total. The van der Waals surface area contributed by atoms with E-state index in [1.807, 2.05) is 22.8 Å². The summed E-state index contributed by atoms with van der Waals surface area (Å²) >= 11 is 1.49. The number of carbonyl (C=O) groups excluding carboxylic acids is 1. The van der Waals surface area contributed by atoms with Crippen molar-refractivity contribution in [3.8, 4) is 0 Å². The molecular formula is C17H12FN3OS. The van der Waals surface area contributed by atoms with E-state index in [9.17, 15) is 9.18 Å². The number of fused-ring (bicyclic) bond motifs is 1. The quantitative estimate of drug-likeness (QED) is 0.324. The molecule has 1 aromatic carbocycles.